The minimum atomic E-state index is 1.02. The highest BCUT2D eigenvalue weighted by atomic mass is 14.7. The maximum atomic E-state index is 4.35. The third-order valence-corrected chi connectivity index (χ3v) is 2.48. The Bertz CT molecular complexity index is 420. The van der Waals surface area contributed by atoms with Crippen LogP contribution in [0.1, 0.15) is 16.8 Å². The van der Waals surface area contributed by atoms with Crippen molar-refractivity contribution in [2.24, 2.45) is 0 Å². The van der Waals surface area contributed by atoms with Crippen molar-refractivity contribution < 1.29 is 0 Å². The SMILES string of the molecule is Cc1ccnc(CCc2ccccc2)c1. The summed E-state index contributed by atoms with van der Waals surface area (Å²) in [4.78, 5) is 4.35. The highest BCUT2D eigenvalue weighted by Crippen LogP contribution is 2.06. The van der Waals surface area contributed by atoms with Gasteiger partial charge in [0.05, 0.1) is 0 Å². The number of aryl methyl sites for hydroxylation is 3. The topological polar surface area (TPSA) is 12.9 Å². The van der Waals surface area contributed by atoms with Crippen molar-refractivity contribution in [1.82, 2.24) is 4.98 Å². The molecule has 1 nitrogen and oxygen atoms in total. The van der Waals surface area contributed by atoms with E-state index in [4.69, 9.17) is 0 Å². The van der Waals surface area contributed by atoms with Crippen LogP contribution in [0.15, 0.2) is 48.7 Å². The van der Waals surface area contributed by atoms with Gasteiger partial charge in [-0.3, -0.25) is 4.98 Å². The van der Waals surface area contributed by atoms with Gasteiger partial charge in [0.15, 0.2) is 0 Å². The van der Waals surface area contributed by atoms with E-state index in [1.165, 1.54) is 16.8 Å². The number of rotatable bonds is 3. The lowest BCUT2D eigenvalue weighted by molar-refractivity contribution is 0.910. The first-order chi connectivity index (χ1) is 7.34. The van der Waals surface area contributed by atoms with Crippen LogP contribution in [-0.4, -0.2) is 4.98 Å². The van der Waals surface area contributed by atoms with E-state index in [2.05, 4.69) is 48.3 Å². The second-order valence-corrected chi connectivity index (χ2v) is 3.81. The number of hydrogen-bond donors (Lipinski definition) is 0. The second kappa shape index (κ2) is 4.74. The molecule has 0 spiro atoms. The molecule has 0 unspecified atom stereocenters. The van der Waals surface area contributed by atoms with Crippen molar-refractivity contribution in [3.63, 3.8) is 0 Å². The van der Waals surface area contributed by atoms with Crippen LogP contribution >= 0.6 is 0 Å². The molecule has 0 saturated heterocycles. The first kappa shape index (κ1) is 9.91. The molecule has 0 radical (unpaired) electrons. The highest BCUT2D eigenvalue weighted by molar-refractivity contribution is 5.18. The van der Waals surface area contributed by atoms with E-state index in [1.807, 2.05) is 12.3 Å². The van der Waals surface area contributed by atoms with E-state index in [1.54, 1.807) is 0 Å². The lowest BCUT2D eigenvalue weighted by atomic mass is 10.1. The van der Waals surface area contributed by atoms with Gasteiger partial charge in [0.1, 0.15) is 0 Å². The Kier molecular flexibility index (Phi) is 3.13. The molecule has 1 heteroatoms. The van der Waals surface area contributed by atoms with Crippen LogP contribution in [-0.2, 0) is 12.8 Å². The highest BCUT2D eigenvalue weighted by Gasteiger charge is 1.96. The molecule has 0 atom stereocenters. The standard InChI is InChI=1S/C14H15N/c1-12-9-10-15-14(11-12)8-7-13-5-3-2-4-6-13/h2-6,9-11H,7-8H2,1H3. The Morgan fingerprint density at radius 1 is 1.00 bits per heavy atom. The number of aromatic nitrogens is 1. The second-order valence-electron chi connectivity index (χ2n) is 3.81. The van der Waals surface area contributed by atoms with E-state index in [0.29, 0.717) is 0 Å². The molecule has 1 heterocycles. The van der Waals surface area contributed by atoms with Gasteiger partial charge in [-0.1, -0.05) is 30.3 Å². The van der Waals surface area contributed by atoms with Gasteiger partial charge in [0, 0.05) is 11.9 Å². The quantitative estimate of drug-likeness (QED) is 0.736. The first-order valence-electron chi connectivity index (χ1n) is 5.30. The van der Waals surface area contributed by atoms with Crippen molar-refractivity contribution >= 4 is 0 Å². The van der Waals surface area contributed by atoms with Gasteiger partial charge >= 0.3 is 0 Å². The molecule has 2 aromatic rings. The summed E-state index contributed by atoms with van der Waals surface area (Å²) in [5.41, 5.74) is 3.84. The van der Waals surface area contributed by atoms with E-state index in [-0.39, 0.29) is 0 Å². The van der Waals surface area contributed by atoms with Crippen molar-refractivity contribution in [3.8, 4) is 0 Å². The van der Waals surface area contributed by atoms with E-state index < -0.39 is 0 Å². The molecule has 0 amide bonds. The Labute approximate surface area is 90.8 Å². The summed E-state index contributed by atoms with van der Waals surface area (Å²) in [6, 6.07) is 14.7. The fourth-order valence-corrected chi connectivity index (χ4v) is 1.65. The molecule has 1 aromatic heterocycles. The largest absolute Gasteiger partial charge is 0.261 e. The molecule has 0 fully saturated rings. The van der Waals surface area contributed by atoms with Crippen LogP contribution in [0, 0.1) is 6.92 Å². The van der Waals surface area contributed by atoms with Crippen LogP contribution in [0.5, 0.6) is 0 Å². The van der Waals surface area contributed by atoms with Gasteiger partial charge in [0.25, 0.3) is 0 Å². The lowest BCUT2D eigenvalue weighted by Crippen LogP contribution is -1.94. The summed E-state index contributed by atoms with van der Waals surface area (Å²) >= 11 is 0. The summed E-state index contributed by atoms with van der Waals surface area (Å²) in [5, 5.41) is 0. The zero-order chi connectivity index (χ0) is 10.5. The average Bonchev–Trinajstić information content (AvgIpc) is 2.28. The third kappa shape index (κ3) is 2.91. The summed E-state index contributed by atoms with van der Waals surface area (Å²) in [5.74, 6) is 0. The Hall–Kier alpha value is -1.63. The molecule has 0 aliphatic heterocycles. The summed E-state index contributed by atoms with van der Waals surface area (Å²) in [6.45, 7) is 2.10. The number of benzene rings is 1. The molecule has 0 bridgehead atoms. The van der Waals surface area contributed by atoms with Crippen molar-refractivity contribution in [2.45, 2.75) is 19.8 Å². The molecule has 2 rings (SSSR count). The predicted molar refractivity (Wildman–Crippen MR) is 62.8 cm³/mol. The zero-order valence-corrected chi connectivity index (χ0v) is 8.98. The Morgan fingerprint density at radius 2 is 1.80 bits per heavy atom. The van der Waals surface area contributed by atoms with Crippen LogP contribution in [0.4, 0.5) is 0 Å². The van der Waals surface area contributed by atoms with Crippen LogP contribution in [0.2, 0.25) is 0 Å². The maximum Gasteiger partial charge on any atom is 0.0409 e. The van der Waals surface area contributed by atoms with Gasteiger partial charge in [0.2, 0.25) is 0 Å². The molecule has 0 N–H and O–H groups in total. The molecular formula is C14H15N. The number of pyridine rings is 1. The number of hydrogen-bond acceptors (Lipinski definition) is 1. The maximum absolute atomic E-state index is 4.35. The molecule has 0 saturated carbocycles. The zero-order valence-electron chi connectivity index (χ0n) is 8.98. The van der Waals surface area contributed by atoms with Gasteiger partial charge in [-0.25, -0.2) is 0 Å². The van der Waals surface area contributed by atoms with Crippen molar-refractivity contribution in [3.05, 3.63) is 65.5 Å². The summed E-state index contributed by atoms with van der Waals surface area (Å²) in [6.07, 6.45) is 3.97. The van der Waals surface area contributed by atoms with E-state index in [9.17, 15) is 0 Å². The minimum Gasteiger partial charge on any atom is -0.261 e. The van der Waals surface area contributed by atoms with Gasteiger partial charge < -0.3 is 0 Å². The van der Waals surface area contributed by atoms with Crippen LogP contribution in [0.25, 0.3) is 0 Å². The third-order valence-electron chi connectivity index (χ3n) is 2.48. The molecule has 0 aliphatic carbocycles. The normalized spacial score (nSPS) is 10.2. The molecule has 15 heavy (non-hydrogen) atoms. The smallest absolute Gasteiger partial charge is 0.0409 e. The van der Waals surface area contributed by atoms with Gasteiger partial charge in [-0.05, 0) is 43.0 Å². The minimum absolute atomic E-state index is 1.02. The molecular weight excluding hydrogens is 182 g/mol. The molecule has 0 aliphatic rings. The van der Waals surface area contributed by atoms with Crippen LogP contribution < -0.4 is 0 Å². The van der Waals surface area contributed by atoms with E-state index in [0.717, 1.165) is 12.8 Å². The molecule has 76 valence electrons. The first-order valence-corrected chi connectivity index (χ1v) is 5.30. The van der Waals surface area contributed by atoms with Crippen LogP contribution in [0.3, 0.4) is 0 Å². The lowest BCUT2D eigenvalue weighted by Gasteiger charge is -2.01. The van der Waals surface area contributed by atoms with Crippen molar-refractivity contribution in [2.75, 3.05) is 0 Å². The summed E-state index contributed by atoms with van der Waals surface area (Å²) in [7, 11) is 0. The van der Waals surface area contributed by atoms with Gasteiger partial charge in [-0.15, -0.1) is 0 Å². The Balaban J connectivity index is 1.99. The van der Waals surface area contributed by atoms with Crippen molar-refractivity contribution in [1.29, 1.82) is 0 Å². The van der Waals surface area contributed by atoms with E-state index >= 15 is 0 Å². The average molecular weight is 197 g/mol. The number of nitrogens with zero attached hydrogens (tertiary/aromatic N) is 1. The van der Waals surface area contributed by atoms with Gasteiger partial charge in [-0.2, -0.15) is 0 Å². The Morgan fingerprint density at radius 3 is 2.53 bits per heavy atom. The molecule has 1 aromatic carbocycles. The fraction of sp³-hybridized carbons (Fsp3) is 0.214. The predicted octanol–water partition coefficient (Wildman–Crippen LogP) is 3.18. The monoisotopic (exact) mass is 197 g/mol. The summed E-state index contributed by atoms with van der Waals surface area (Å²) < 4.78 is 0. The fourth-order valence-electron chi connectivity index (χ4n) is 1.65.